The Morgan fingerprint density at radius 3 is 2.55 bits per heavy atom. The number of ether oxygens (including phenoxy) is 1. The molecule has 1 aliphatic heterocycles. The predicted octanol–water partition coefficient (Wildman–Crippen LogP) is 4.45. The molecule has 166 valence electrons. The zero-order chi connectivity index (χ0) is 22.8. The van der Waals surface area contributed by atoms with Gasteiger partial charge in [0.15, 0.2) is 0 Å². The van der Waals surface area contributed by atoms with Crippen molar-refractivity contribution in [3.05, 3.63) is 83.9 Å². The third-order valence-electron chi connectivity index (χ3n) is 5.77. The molecule has 0 unspecified atom stereocenters. The SMILES string of the molecule is CC(C)c1ccc(COc2ccc(-c3c(-c4ccncc4)nn4c3C(=O)NCC4)nc2)cc1. The summed E-state index contributed by atoms with van der Waals surface area (Å²) < 4.78 is 7.70. The van der Waals surface area contributed by atoms with Crippen LogP contribution in [0, 0.1) is 0 Å². The van der Waals surface area contributed by atoms with Gasteiger partial charge in [0.2, 0.25) is 0 Å². The summed E-state index contributed by atoms with van der Waals surface area (Å²) in [6, 6.07) is 16.0. The van der Waals surface area contributed by atoms with Crippen LogP contribution in [0.2, 0.25) is 0 Å². The van der Waals surface area contributed by atoms with E-state index in [0.717, 1.165) is 16.8 Å². The van der Waals surface area contributed by atoms with Crippen LogP contribution in [0.5, 0.6) is 5.75 Å². The molecule has 0 spiro atoms. The van der Waals surface area contributed by atoms with Gasteiger partial charge in [-0.2, -0.15) is 5.10 Å². The Balaban J connectivity index is 1.42. The smallest absolute Gasteiger partial charge is 0.270 e. The number of aromatic nitrogens is 4. The van der Waals surface area contributed by atoms with Gasteiger partial charge in [-0.05, 0) is 41.3 Å². The maximum Gasteiger partial charge on any atom is 0.270 e. The Labute approximate surface area is 192 Å². The zero-order valence-electron chi connectivity index (χ0n) is 18.7. The van der Waals surface area contributed by atoms with Crippen LogP contribution >= 0.6 is 0 Å². The molecule has 5 rings (SSSR count). The number of carbonyl (C=O) groups is 1. The first-order chi connectivity index (χ1) is 16.1. The van der Waals surface area contributed by atoms with Crippen LogP contribution in [0.1, 0.15) is 41.4 Å². The van der Waals surface area contributed by atoms with Crippen LogP contribution in [0.15, 0.2) is 67.1 Å². The molecule has 4 heterocycles. The third-order valence-corrected chi connectivity index (χ3v) is 5.77. The minimum absolute atomic E-state index is 0.143. The summed E-state index contributed by atoms with van der Waals surface area (Å²) in [5.41, 5.74) is 5.94. The van der Waals surface area contributed by atoms with Crippen LogP contribution in [-0.4, -0.2) is 32.2 Å². The van der Waals surface area contributed by atoms with Crippen molar-refractivity contribution in [3.8, 4) is 28.3 Å². The van der Waals surface area contributed by atoms with Crippen molar-refractivity contribution in [2.45, 2.75) is 32.9 Å². The largest absolute Gasteiger partial charge is 0.487 e. The Bertz CT molecular complexity index is 1260. The zero-order valence-corrected chi connectivity index (χ0v) is 18.7. The number of nitrogens with zero attached hydrogens (tertiary/aromatic N) is 4. The van der Waals surface area contributed by atoms with Gasteiger partial charge in [0.1, 0.15) is 23.7 Å². The Morgan fingerprint density at radius 2 is 1.85 bits per heavy atom. The fourth-order valence-electron chi connectivity index (χ4n) is 3.95. The molecular weight excluding hydrogens is 414 g/mol. The number of fused-ring (bicyclic) bond motifs is 1. The maximum atomic E-state index is 12.7. The summed E-state index contributed by atoms with van der Waals surface area (Å²) >= 11 is 0. The minimum atomic E-state index is -0.143. The van der Waals surface area contributed by atoms with E-state index in [9.17, 15) is 4.79 Å². The highest BCUT2D eigenvalue weighted by Gasteiger charge is 2.28. The second-order valence-electron chi connectivity index (χ2n) is 8.35. The Morgan fingerprint density at radius 1 is 1.06 bits per heavy atom. The predicted molar refractivity (Wildman–Crippen MR) is 126 cm³/mol. The monoisotopic (exact) mass is 439 g/mol. The topological polar surface area (TPSA) is 81.9 Å². The first kappa shape index (κ1) is 20.9. The molecule has 0 bridgehead atoms. The number of rotatable bonds is 6. The van der Waals surface area contributed by atoms with Crippen molar-refractivity contribution in [2.75, 3.05) is 6.54 Å². The van der Waals surface area contributed by atoms with E-state index < -0.39 is 0 Å². The highest BCUT2D eigenvalue weighted by Crippen LogP contribution is 2.34. The minimum Gasteiger partial charge on any atom is -0.487 e. The van der Waals surface area contributed by atoms with Gasteiger partial charge in [-0.1, -0.05) is 38.1 Å². The third kappa shape index (κ3) is 4.22. The van der Waals surface area contributed by atoms with E-state index in [2.05, 4.69) is 53.4 Å². The highest BCUT2D eigenvalue weighted by atomic mass is 16.5. The van der Waals surface area contributed by atoms with Gasteiger partial charge < -0.3 is 10.1 Å². The van der Waals surface area contributed by atoms with Gasteiger partial charge >= 0.3 is 0 Å². The molecular formula is C26H25N5O2. The van der Waals surface area contributed by atoms with E-state index in [-0.39, 0.29) is 5.91 Å². The van der Waals surface area contributed by atoms with Crippen LogP contribution < -0.4 is 10.1 Å². The summed E-state index contributed by atoms with van der Waals surface area (Å²) in [6.45, 7) is 6.00. The average molecular weight is 440 g/mol. The van der Waals surface area contributed by atoms with E-state index in [4.69, 9.17) is 9.84 Å². The molecule has 1 amide bonds. The Hall–Kier alpha value is -4.00. The van der Waals surface area contributed by atoms with Crippen molar-refractivity contribution < 1.29 is 9.53 Å². The highest BCUT2D eigenvalue weighted by molar-refractivity contribution is 6.03. The molecule has 0 atom stereocenters. The lowest BCUT2D eigenvalue weighted by molar-refractivity contribution is 0.0925. The fraction of sp³-hybridized carbons (Fsp3) is 0.231. The Kier molecular flexibility index (Phi) is 5.60. The van der Waals surface area contributed by atoms with Gasteiger partial charge in [0, 0.05) is 24.5 Å². The second-order valence-corrected chi connectivity index (χ2v) is 8.35. The van der Waals surface area contributed by atoms with Crippen LogP contribution in [0.4, 0.5) is 0 Å². The summed E-state index contributed by atoms with van der Waals surface area (Å²) in [4.78, 5) is 21.4. The van der Waals surface area contributed by atoms with E-state index >= 15 is 0 Å². The van der Waals surface area contributed by atoms with Crippen LogP contribution in [0.3, 0.4) is 0 Å². The molecule has 0 saturated heterocycles. The molecule has 0 aliphatic carbocycles. The van der Waals surface area contributed by atoms with Crippen LogP contribution in [0.25, 0.3) is 22.5 Å². The number of carbonyl (C=O) groups excluding carboxylic acids is 1. The lowest BCUT2D eigenvalue weighted by Gasteiger charge is -2.15. The summed E-state index contributed by atoms with van der Waals surface area (Å²) in [5.74, 6) is 1.03. The van der Waals surface area contributed by atoms with Gasteiger partial charge in [-0.25, -0.2) is 0 Å². The summed E-state index contributed by atoms with van der Waals surface area (Å²) in [5, 5.41) is 7.63. The maximum absolute atomic E-state index is 12.7. The number of pyridine rings is 2. The molecule has 3 aromatic heterocycles. The van der Waals surface area contributed by atoms with Gasteiger partial charge in [-0.15, -0.1) is 0 Å². The second kappa shape index (κ2) is 8.86. The molecule has 1 N–H and O–H groups in total. The molecule has 0 saturated carbocycles. The molecule has 0 radical (unpaired) electrons. The van der Waals surface area contributed by atoms with Crippen molar-refractivity contribution in [3.63, 3.8) is 0 Å². The number of nitrogens with one attached hydrogen (secondary N) is 1. The van der Waals surface area contributed by atoms with Gasteiger partial charge in [-0.3, -0.25) is 19.4 Å². The quantitative estimate of drug-likeness (QED) is 0.480. The van der Waals surface area contributed by atoms with Gasteiger partial charge in [0.05, 0.1) is 24.0 Å². The first-order valence-electron chi connectivity index (χ1n) is 11.1. The van der Waals surface area contributed by atoms with E-state index in [0.29, 0.717) is 48.3 Å². The van der Waals surface area contributed by atoms with Gasteiger partial charge in [0.25, 0.3) is 5.91 Å². The standard InChI is InChI=1S/C26H25N5O2/c1-17(2)19-5-3-18(4-6-19)16-33-21-7-8-22(29-15-21)23-24(20-9-11-27-12-10-20)30-31-14-13-28-26(32)25(23)31/h3-12,15,17H,13-14,16H2,1-2H3,(H,28,32). The average Bonchev–Trinajstić information content (AvgIpc) is 3.25. The number of amides is 1. The molecule has 33 heavy (non-hydrogen) atoms. The number of hydrogen-bond acceptors (Lipinski definition) is 5. The van der Waals surface area contributed by atoms with E-state index in [1.807, 2.05) is 24.3 Å². The lowest BCUT2D eigenvalue weighted by atomic mass is 10.0. The molecule has 4 aromatic rings. The number of hydrogen-bond donors (Lipinski definition) is 1. The van der Waals surface area contributed by atoms with Crippen molar-refractivity contribution in [1.82, 2.24) is 25.1 Å². The normalized spacial score (nSPS) is 13.0. The number of benzene rings is 1. The fourth-order valence-corrected chi connectivity index (χ4v) is 3.95. The molecule has 7 heteroatoms. The first-order valence-corrected chi connectivity index (χ1v) is 11.1. The van der Waals surface area contributed by atoms with E-state index in [1.54, 1.807) is 23.3 Å². The molecule has 1 aliphatic rings. The van der Waals surface area contributed by atoms with Crippen molar-refractivity contribution in [2.24, 2.45) is 0 Å². The summed E-state index contributed by atoms with van der Waals surface area (Å²) in [7, 11) is 0. The summed E-state index contributed by atoms with van der Waals surface area (Å²) in [6.07, 6.45) is 5.13. The van der Waals surface area contributed by atoms with Crippen LogP contribution in [-0.2, 0) is 13.2 Å². The van der Waals surface area contributed by atoms with Crippen molar-refractivity contribution in [1.29, 1.82) is 0 Å². The molecule has 1 aromatic carbocycles. The van der Waals surface area contributed by atoms with Crippen molar-refractivity contribution >= 4 is 5.91 Å². The van der Waals surface area contributed by atoms with E-state index in [1.165, 1.54) is 5.56 Å². The molecule has 0 fully saturated rings. The lowest BCUT2D eigenvalue weighted by Crippen LogP contribution is -2.35. The molecule has 7 nitrogen and oxygen atoms in total.